The lowest BCUT2D eigenvalue weighted by Gasteiger charge is -2.12. The average molecular weight is 533 g/mol. The smallest absolute Gasteiger partial charge is 0.278 e. The summed E-state index contributed by atoms with van der Waals surface area (Å²) >= 11 is 0. The second-order valence-corrected chi connectivity index (χ2v) is 10.7. The molecule has 38 heavy (non-hydrogen) atoms. The van der Waals surface area contributed by atoms with Gasteiger partial charge in [-0.05, 0) is 56.6 Å². The van der Waals surface area contributed by atoms with Gasteiger partial charge in [0.15, 0.2) is 5.65 Å². The van der Waals surface area contributed by atoms with Gasteiger partial charge >= 0.3 is 0 Å². The summed E-state index contributed by atoms with van der Waals surface area (Å²) in [4.78, 5) is 24.2. The van der Waals surface area contributed by atoms with Crippen LogP contribution in [0.15, 0.2) is 83.3 Å². The van der Waals surface area contributed by atoms with Crippen molar-refractivity contribution in [2.45, 2.75) is 18.0 Å². The Bertz CT molecular complexity index is 1830. The summed E-state index contributed by atoms with van der Waals surface area (Å²) < 4.78 is 29.1. The van der Waals surface area contributed by atoms with Gasteiger partial charge in [-0.3, -0.25) is 4.79 Å². The van der Waals surface area contributed by atoms with Crippen molar-refractivity contribution in [1.29, 1.82) is 0 Å². The second-order valence-electron chi connectivity index (χ2n) is 9.17. The van der Waals surface area contributed by atoms with E-state index in [0.29, 0.717) is 11.3 Å². The molecule has 0 atom stereocenters. The molecule has 12 heteroatoms. The van der Waals surface area contributed by atoms with Crippen LogP contribution in [0, 0.1) is 0 Å². The van der Waals surface area contributed by atoms with Gasteiger partial charge < -0.3 is 14.8 Å². The number of hydrogen-bond acceptors (Lipinski definition) is 7. The molecule has 0 radical (unpaired) electrons. The maximum atomic E-state index is 13.2. The summed E-state index contributed by atoms with van der Waals surface area (Å²) in [5.41, 5.74) is 2.32. The maximum absolute atomic E-state index is 13.2. The van der Waals surface area contributed by atoms with E-state index in [1.165, 1.54) is 23.0 Å². The Morgan fingerprint density at radius 1 is 1.16 bits per heavy atom. The van der Waals surface area contributed by atoms with Crippen molar-refractivity contribution in [2.75, 3.05) is 26.0 Å². The minimum Gasteiger partial charge on any atom is -0.346 e. The maximum Gasteiger partial charge on any atom is 0.278 e. The predicted octanol–water partition coefficient (Wildman–Crippen LogP) is 2.68. The number of anilines is 2. The van der Waals surface area contributed by atoms with Crippen LogP contribution in [-0.4, -0.2) is 57.9 Å². The number of sulfonamides is 1. The zero-order valence-corrected chi connectivity index (χ0v) is 21.9. The molecule has 0 bridgehead atoms. The quantitative estimate of drug-likeness (QED) is 0.279. The van der Waals surface area contributed by atoms with E-state index in [0.717, 1.165) is 29.7 Å². The Kier molecular flexibility index (Phi) is 6.61. The summed E-state index contributed by atoms with van der Waals surface area (Å²) in [5, 5.41) is 9.92. The summed E-state index contributed by atoms with van der Waals surface area (Å²) in [5.74, 6) is 0.288. The fraction of sp³-hybridized carbons (Fsp3) is 0.192. The molecule has 5 aromatic rings. The van der Waals surface area contributed by atoms with Crippen molar-refractivity contribution in [2.24, 2.45) is 5.14 Å². The van der Waals surface area contributed by atoms with Crippen molar-refractivity contribution in [3.05, 3.63) is 83.9 Å². The monoisotopic (exact) mass is 532 g/mol. The molecule has 3 heterocycles. The molecule has 0 aliphatic rings. The number of allylic oxidation sites excluding steroid dienone is 1. The number of nitrogens with two attached hydrogens (primary N) is 1. The third-order valence-corrected chi connectivity index (χ3v) is 7.09. The Morgan fingerprint density at radius 3 is 2.71 bits per heavy atom. The van der Waals surface area contributed by atoms with Gasteiger partial charge in [-0.2, -0.15) is 4.98 Å². The molecule has 0 aliphatic carbocycles. The zero-order chi connectivity index (χ0) is 27.0. The second kappa shape index (κ2) is 9.89. The molecular formula is C26H28N8O3S. The van der Waals surface area contributed by atoms with Gasteiger partial charge in [0.2, 0.25) is 16.0 Å². The van der Waals surface area contributed by atoms with Crippen LogP contribution in [0.5, 0.6) is 0 Å². The molecule has 196 valence electrons. The minimum atomic E-state index is -3.95. The van der Waals surface area contributed by atoms with Crippen LogP contribution in [-0.2, 0) is 23.1 Å². The highest BCUT2D eigenvalue weighted by molar-refractivity contribution is 7.89. The van der Waals surface area contributed by atoms with Crippen molar-refractivity contribution in [1.82, 2.24) is 28.8 Å². The zero-order valence-electron chi connectivity index (χ0n) is 21.1. The first-order valence-electron chi connectivity index (χ1n) is 11.9. The summed E-state index contributed by atoms with van der Waals surface area (Å²) in [6.07, 6.45) is 5.10. The number of aromatic nitrogens is 5. The van der Waals surface area contributed by atoms with E-state index in [4.69, 9.17) is 5.14 Å². The van der Waals surface area contributed by atoms with E-state index < -0.39 is 10.0 Å². The van der Waals surface area contributed by atoms with E-state index in [1.54, 1.807) is 22.9 Å². The van der Waals surface area contributed by atoms with Gasteiger partial charge in [0.05, 0.1) is 17.1 Å². The first-order valence-corrected chi connectivity index (χ1v) is 13.4. The van der Waals surface area contributed by atoms with Crippen molar-refractivity contribution in [3.8, 4) is 5.69 Å². The molecule has 0 spiro atoms. The van der Waals surface area contributed by atoms with Crippen LogP contribution in [0.2, 0.25) is 0 Å². The van der Waals surface area contributed by atoms with Gasteiger partial charge in [0.25, 0.3) is 5.56 Å². The lowest BCUT2D eigenvalue weighted by Crippen LogP contribution is -2.22. The molecule has 3 N–H and O–H groups in total. The SMILES string of the molecule is C=CCn1c(=O)c2cnc(Nc3ccc4c(ccn4CCN(C)C)c3)nc2n1-c1cccc(S(N)(=O)=O)c1. The first-order chi connectivity index (χ1) is 18.2. The number of nitrogens with one attached hydrogen (secondary N) is 1. The minimum absolute atomic E-state index is 0.0762. The molecule has 0 fully saturated rings. The fourth-order valence-corrected chi connectivity index (χ4v) is 4.89. The fourth-order valence-electron chi connectivity index (χ4n) is 4.34. The Hall–Kier alpha value is -4.26. The van der Waals surface area contributed by atoms with E-state index in [1.807, 2.05) is 32.3 Å². The summed E-state index contributed by atoms with van der Waals surface area (Å²) in [6.45, 7) is 5.74. The highest BCUT2D eigenvalue weighted by Gasteiger charge is 2.18. The molecule has 11 nitrogen and oxygen atoms in total. The Morgan fingerprint density at radius 2 is 1.97 bits per heavy atom. The molecule has 0 aliphatic heterocycles. The van der Waals surface area contributed by atoms with Crippen LogP contribution >= 0.6 is 0 Å². The average Bonchev–Trinajstić information content (AvgIpc) is 3.40. The molecule has 0 saturated heterocycles. The molecule has 0 unspecified atom stereocenters. The van der Waals surface area contributed by atoms with E-state index >= 15 is 0 Å². The molecule has 3 aromatic heterocycles. The van der Waals surface area contributed by atoms with Crippen LogP contribution < -0.4 is 16.0 Å². The molecular weight excluding hydrogens is 504 g/mol. The van der Waals surface area contributed by atoms with Crippen molar-refractivity contribution < 1.29 is 8.42 Å². The molecule has 0 saturated carbocycles. The standard InChI is InChI=1S/C26H28N8O3S/c1-4-11-33-25(35)22-17-28-26(30-24(22)34(33)20-6-5-7-21(16-20)38(27,36)37)29-19-8-9-23-18(15-19)10-12-32(23)14-13-31(2)3/h4-10,12,15-17H,1,11,13-14H2,2-3H3,(H2,27,36,37)(H,28,29,30). The Balaban J connectivity index is 1.56. The Labute approximate surface area is 219 Å². The van der Waals surface area contributed by atoms with Crippen LogP contribution in [0.1, 0.15) is 0 Å². The first kappa shape index (κ1) is 25.4. The largest absolute Gasteiger partial charge is 0.346 e. The van der Waals surface area contributed by atoms with Gasteiger partial charge in [0, 0.05) is 42.1 Å². The number of hydrogen-bond donors (Lipinski definition) is 2. The van der Waals surface area contributed by atoms with E-state index in [9.17, 15) is 13.2 Å². The number of likely N-dealkylation sites (N-methyl/N-ethyl adjacent to an activating group) is 1. The van der Waals surface area contributed by atoms with Crippen LogP contribution in [0.3, 0.4) is 0 Å². The van der Waals surface area contributed by atoms with Crippen LogP contribution in [0.25, 0.3) is 27.6 Å². The van der Waals surface area contributed by atoms with Gasteiger partial charge in [-0.15, -0.1) is 6.58 Å². The summed E-state index contributed by atoms with van der Waals surface area (Å²) in [6, 6.07) is 14.1. The highest BCUT2D eigenvalue weighted by Crippen LogP contribution is 2.24. The predicted molar refractivity (Wildman–Crippen MR) is 148 cm³/mol. The highest BCUT2D eigenvalue weighted by atomic mass is 32.2. The number of nitrogens with zero attached hydrogens (tertiary/aromatic N) is 6. The molecule has 5 rings (SSSR count). The topological polar surface area (TPSA) is 133 Å². The van der Waals surface area contributed by atoms with E-state index in [2.05, 4.69) is 43.6 Å². The number of fused-ring (bicyclic) bond motifs is 2. The van der Waals surface area contributed by atoms with Crippen molar-refractivity contribution in [3.63, 3.8) is 0 Å². The van der Waals surface area contributed by atoms with Gasteiger partial charge in [-0.1, -0.05) is 12.1 Å². The van der Waals surface area contributed by atoms with Crippen LogP contribution in [0.4, 0.5) is 11.6 Å². The van der Waals surface area contributed by atoms with Gasteiger partial charge in [0.1, 0.15) is 5.39 Å². The number of rotatable bonds is 9. The lowest BCUT2D eigenvalue weighted by molar-refractivity contribution is 0.387. The normalized spacial score (nSPS) is 12.0. The summed E-state index contributed by atoms with van der Waals surface area (Å²) in [7, 11) is 0.148. The third kappa shape index (κ3) is 4.84. The lowest BCUT2D eigenvalue weighted by atomic mass is 10.2. The molecule has 2 aromatic carbocycles. The van der Waals surface area contributed by atoms with E-state index in [-0.39, 0.29) is 28.3 Å². The third-order valence-electron chi connectivity index (χ3n) is 6.18. The van der Waals surface area contributed by atoms with Gasteiger partial charge in [-0.25, -0.2) is 27.9 Å². The molecule has 0 amide bonds. The number of primary sulfonamides is 1. The van der Waals surface area contributed by atoms with Crippen molar-refractivity contribution >= 4 is 43.6 Å². The number of benzene rings is 2.